The third-order valence-corrected chi connectivity index (χ3v) is 7.81. The second-order valence-electron chi connectivity index (χ2n) is 9.97. The van der Waals surface area contributed by atoms with Gasteiger partial charge in [-0.05, 0) is 63.4 Å². The van der Waals surface area contributed by atoms with Crippen molar-refractivity contribution in [2.45, 2.75) is 57.5 Å². The van der Waals surface area contributed by atoms with Gasteiger partial charge in [-0.3, -0.25) is 15.0 Å². The minimum Gasteiger partial charge on any atom is -0.306 e. The lowest BCUT2D eigenvalue weighted by atomic mass is 9.65. The number of halogens is 1. The highest BCUT2D eigenvalue weighted by Gasteiger charge is 2.47. The number of nitrogens with zero attached hydrogens (tertiary/aromatic N) is 2. The topological polar surface area (TPSA) is 73.8 Å². The number of para-hydroxylation sites is 1. The number of benzene rings is 2. The van der Waals surface area contributed by atoms with Crippen molar-refractivity contribution in [1.29, 1.82) is 0 Å². The molecule has 0 aromatic heterocycles. The Balaban J connectivity index is 1.63. The van der Waals surface area contributed by atoms with Crippen LogP contribution in [0.5, 0.6) is 0 Å². The quantitative estimate of drug-likeness (QED) is 0.601. The van der Waals surface area contributed by atoms with Crippen molar-refractivity contribution in [3.8, 4) is 0 Å². The highest BCUT2D eigenvalue weighted by molar-refractivity contribution is 9.10. The molecule has 4 rings (SSSR count). The zero-order chi connectivity index (χ0) is 24.0. The molecule has 2 aromatic carbocycles. The van der Waals surface area contributed by atoms with Crippen LogP contribution in [0.15, 0.2) is 58.1 Å². The molecular formula is C25H29BrN4O2S. The Morgan fingerprint density at radius 1 is 1.09 bits per heavy atom. The van der Waals surface area contributed by atoms with E-state index in [1.54, 1.807) is 13.8 Å². The first-order valence-electron chi connectivity index (χ1n) is 10.9. The summed E-state index contributed by atoms with van der Waals surface area (Å²) in [4.78, 5) is 27.6. The van der Waals surface area contributed by atoms with E-state index in [0.717, 1.165) is 22.1 Å². The molecule has 2 aliphatic heterocycles. The molecule has 0 spiro atoms. The van der Waals surface area contributed by atoms with Crippen LogP contribution in [0.25, 0.3) is 0 Å². The number of carbonyl (C=O) groups is 2. The predicted octanol–water partition coefficient (Wildman–Crippen LogP) is 4.77. The number of hydrogen-bond donors (Lipinski definition) is 2. The number of hydrogen-bond acceptors (Lipinski definition) is 5. The number of amidine groups is 1. The molecule has 6 nitrogen and oxygen atoms in total. The summed E-state index contributed by atoms with van der Waals surface area (Å²) < 4.78 is 1.04. The fraction of sp³-hybridized carbons (Fsp3) is 0.400. The number of nitrogens with one attached hydrogen (secondary N) is 2. The maximum Gasteiger partial charge on any atom is 0.252 e. The second kappa shape index (κ2) is 8.47. The summed E-state index contributed by atoms with van der Waals surface area (Å²) >= 11 is 4.77. The standard InChI is InChI=1S/C25H29BrN4O2S/c1-23(2)15-25(5,16-10-12-17(26)13-11-16)18-8-6-7-9-19(18)30(23)20(31)14-33-22-27-21(32)24(3,4)29-28-22/h6-13,29H,14-15H2,1-5H3,(H,27,28,32). The molecule has 0 saturated heterocycles. The fourth-order valence-corrected chi connectivity index (χ4v) is 5.76. The van der Waals surface area contributed by atoms with Crippen LogP contribution >= 0.6 is 27.7 Å². The number of amides is 2. The summed E-state index contributed by atoms with van der Waals surface area (Å²) in [6.07, 6.45) is 0.780. The van der Waals surface area contributed by atoms with Crippen LogP contribution < -0.4 is 15.6 Å². The normalized spacial score (nSPS) is 23.2. The van der Waals surface area contributed by atoms with Crippen molar-refractivity contribution >= 4 is 50.4 Å². The van der Waals surface area contributed by atoms with E-state index >= 15 is 0 Å². The van der Waals surface area contributed by atoms with Crippen molar-refractivity contribution < 1.29 is 9.59 Å². The first-order valence-corrected chi connectivity index (χ1v) is 12.7. The van der Waals surface area contributed by atoms with Gasteiger partial charge >= 0.3 is 0 Å². The van der Waals surface area contributed by atoms with E-state index in [2.05, 4.69) is 82.9 Å². The lowest BCUT2D eigenvalue weighted by Crippen LogP contribution is -2.57. The van der Waals surface area contributed by atoms with E-state index in [0.29, 0.717) is 5.17 Å². The predicted molar refractivity (Wildman–Crippen MR) is 138 cm³/mol. The summed E-state index contributed by atoms with van der Waals surface area (Å²) in [5.74, 6) is -0.00740. The molecule has 0 fully saturated rings. The molecule has 0 radical (unpaired) electrons. The SMILES string of the molecule is CC1(C)NN=C(SCC(=O)N2c3ccccc3C(C)(c3ccc(Br)cc3)CC2(C)C)NC1=O. The number of rotatable bonds is 3. The average molecular weight is 530 g/mol. The van der Waals surface area contributed by atoms with Gasteiger partial charge in [0.1, 0.15) is 5.54 Å². The van der Waals surface area contributed by atoms with Crippen molar-refractivity contribution in [2.24, 2.45) is 5.10 Å². The first kappa shape index (κ1) is 23.8. The number of thioether (sulfide) groups is 1. The lowest BCUT2D eigenvalue weighted by Gasteiger charge is -2.51. The lowest BCUT2D eigenvalue weighted by molar-refractivity contribution is -0.125. The van der Waals surface area contributed by atoms with Crippen molar-refractivity contribution in [2.75, 3.05) is 10.7 Å². The third-order valence-electron chi connectivity index (χ3n) is 6.42. The molecule has 1 unspecified atom stereocenters. The molecule has 8 heteroatoms. The Morgan fingerprint density at radius 3 is 2.42 bits per heavy atom. The van der Waals surface area contributed by atoms with Crippen LogP contribution in [0.1, 0.15) is 52.2 Å². The minimum absolute atomic E-state index is 0.0166. The van der Waals surface area contributed by atoms with Crippen LogP contribution in [0.4, 0.5) is 5.69 Å². The van der Waals surface area contributed by atoms with Crippen LogP contribution in [-0.2, 0) is 15.0 Å². The number of hydrazone groups is 1. The molecule has 2 N–H and O–H groups in total. The average Bonchev–Trinajstić information content (AvgIpc) is 2.74. The summed E-state index contributed by atoms with van der Waals surface area (Å²) in [5.41, 5.74) is 4.73. The summed E-state index contributed by atoms with van der Waals surface area (Å²) in [5, 5.41) is 7.42. The van der Waals surface area contributed by atoms with Gasteiger partial charge < -0.3 is 10.2 Å². The van der Waals surface area contributed by atoms with Gasteiger partial charge in [0.25, 0.3) is 5.91 Å². The Kier molecular flexibility index (Phi) is 6.12. The van der Waals surface area contributed by atoms with Crippen LogP contribution in [0, 0.1) is 0 Å². The monoisotopic (exact) mass is 528 g/mol. The number of fused-ring (bicyclic) bond motifs is 1. The maximum atomic E-state index is 13.5. The molecule has 174 valence electrons. The largest absolute Gasteiger partial charge is 0.306 e. The van der Waals surface area contributed by atoms with E-state index in [-0.39, 0.29) is 23.0 Å². The van der Waals surface area contributed by atoms with Crippen LogP contribution in [0.3, 0.4) is 0 Å². The number of anilines is 1. The number of carbonyl (C=O) groups excluding carboxylic acids is 2. The van der Waals surface area contributed by atoms with Gasteiger partial charge in [-0.15, -0.1) is 0 Å². The Labute approximate surface area is 207 Å². The zero-order valence-corrected chi connectivity index (χ0v) is 21.9. The van der Waals surface area contributed by atoms with Gasteiger partial charge in [0, 0.05) is 21.1 Å². The van der Waals surface area contributed by atoms with Crippen molar-refractivity contribution in [3.63, 3.8) is 0 Å². The van der Waals surface area contributed by atoms with Gasteiger partial charge in [-0.2, -0.15) is 5.10 Å². The molecule has 0 saturated carbocycles. The fourth-order valence-electron chi connectivity index (χ4n) is 4.83. The van der Waals surface area contributed by atoms with E-state index in [1.807, 2.05) is 23.1 Å². The maximum absolute atomic E-state index is 13.5. The third kappa shape index (κ3) is 4.43. The smallest absolute Gasteiger partial charge is 0.252 e. The van der Waals surface area contributed by atoms with Gasteiger partial charge in [0.15, 0.2) is 5.17 Å². The van der Waals surface area contributed by atoms with Gasteiger partial charge in [-0.25, -0.2) is 0 Å². The summed E-state index contributed by atoms with van der Waals surface area (Å²) in [7, 11) is 0. The molecule has 2 heterocycles. The van der Waals surface area contributed by atoms with Gasteiger partial charge in [0.2, 0.25) is 5.91 Å². The zero-order valence-electron chi connectivity index (χ0n) is 19.5. The molecule has 2 amide bonds. The summed E-state index contributed by atoms with van der Waals surface area (Å²) in [6.45, 7) is 10.0. The molecule has 1 atom stereocenters. The minimum atomic E-state index is -0.765. The molecule has 2 aliphatic rings. The second-order valence-corrected chi connectivity index (χ2v) is 11.9. The van der Waals surface area contributed by atoms with Crippen molar-refractivity contribution in [1.82, 2.24) is 10.7 Å². The first-order chi connectivity index (χ1) is 15.4. The van der Waals surface area contributed by atoms with E-state index in [9.17, 15) is 9.59 Å². The Hall–Kier alpha value is -2.32. The summed E-state index contributed by atoms with van der Waals surface area (Å²) in [6, 6.07) is 16.6. The Morgan fingerprint density at radius 2 is 1.76 bits per heavy atom. The van der Waals surface area contributed by atoms with E-state index in [1.165, 1.54) is 17.3 Å². The van der Waals surface area contributed by atoms with Gasteiger partial charge in [-0.1, -0.05) is 64.9 Å². The molecule has 0 aliphatic carbocycles. The van der Waals surface area contributed by atoms with Crippen molar-refractivity contribution in [3.05, 3.63) is 64.1 Å². The molecule has 33 heavy (non-hydrogen) atoms. The molecule has 2 aromatic rings. The molecule has 0 bridgehead atoms. The highest BCUT2D eigenvalue weighted by atomic mass is 79.9. The van der Waals surface area contributed by atoms with Crippen LogP contribution in [-0.4, -0.2) is 33.8 Å². The Bertz CT molecular complexity index is 1130. The van der Waals surface area contributed by atoms with E-state index < -0.39 is 11.1 Å². The van der Waals surface area contributed by atoms with E-state index in [4.69, 9.17) is 0 Å². The van der Waals surface area contributed by atoms with Crippen LogP contribution in [0.2, 0.25) is 0 Å². The van der Waals surface area contributed by atoms with Gasteiger partial charge in [0.05, 0.1) is 5.75 Å². The highest BCUT2D eigenvalue weighted by Crippen LogP contribution is 2.50. The molecular weight excluding hydrogens is 500 g/mol.